The van der Waals surface area contributed by atoms with Crippen molar-refractivity contribution in [2.24, 2.45) is 0 Å². The highest BCUT2D eigenvalue weighted by molar-refractivity contribution is 7.46. The second-order valence-electron chi connectivity index (χ2n) is 11.1. The Morgan fingerprint density at radius 1 is 0.905 bits per heavy atom. The molecule has 4 atom stereocenters. The third-order valence-electron chi connectivity index (χ3n) is 7.64. The number of nitrogens with one attached hydrogen (secondary N) is 1. The first-order valence-electron chi connectivity index (χ1n) is 15.4. The monoisotopic (exact) mass is 613 g/mol. The van der Waals surface area contributed by atoms with Crippen LogP contribution in [0.1, 0.15) is 116 Å². The summed E-state index contributed by atoms with van der Waals surface area (Å²) in [6, 6.07) is 0. The first kappa shape index (κ1) is 34.5. The Bertz CT molecular complexity index is 1130. The molecule has 0 spiro atoms. The summed E-state index contributed by atoms with van der Waals surface area (Å²) in [6.45, 7) is 1.63. The number of imidazole rings is 1. The minimum atomic E-state index is -4.78. The first-order valence-corrected chi connectivity index (χ1v) is 16.9. The van der Waals surface area contributed by atoms with Crippen molar-refractivity contribution >= 4 is 30.7 Å². The van der Waals surface area contributed by atoms with Crippen molar-refractivity contribution < 1.29 is 38.6 Å². The fourth-order valence-corrected chi connectivity index (χ4v) is 5.59. The number of amides is 1. The zero-order valence-corrected chi connectivity index (χ0v) is 25.5. The average Bonchev–Trinajstić information content (AvgIpc) is 3.50. The van der Waals surface area contributed by atoms with Gasteiger partial charge in [0.1, 0.15) is 24.6 Å². The molecule has 1 amide bonds. The van der Waals surface area contributed by atoms with E-state index >= 15 is 0 Å². The standard InChI is InChI=1S/C28H48N5O8P/c1-2-3-4-5-6-7-8-9-10-11-12-13-14-15-16-17-22(34)32-26-23-27(30-19-29-26)33(20-31-23)28-25(36)24(35)21(41-28)18-40-42(37,38)39/h19-21,24-25,28,35-36H,2-18H2,1H3,(H2,37,38,39)(H,29,30,32,34)/t21-,24-,25-,28-/m1/s1. The van der Waals surface area contributed by atoms with Crippen LogP contribution in [0.4, 0.5) is 5.82 Å². The number of aliphatic hydroxyl groups is 2. The van der Waals surface area contributed by atoms with E-state index in [9.17, 15) is 19.6 Å². The number of hydrogen-bond acceptors (Lipinski definition) is 9. The zero-order valence-electron chi connectivity index (χ0n) is 24.6. The molecule has 0 unspecified atom stereocenters. The molecule has 0 bridgehead atoms. The summed E-state index contributed by atoms with van der Waals surface area (Å²) in [7, 11) is -4.78. The maximum Gasteiger partial charge on any atom is 0.469 e. The van der Waals surface area contributed by atoms with E-state index in [0.29, 0.717) is 6.42 Å². The molecular formula is C28H48N5O8P. The van der Waals surface area contributed by atoms with Gasteiger partial charge in [0, 0.05) is 6.42 Å². The molecule has 0 saturated carbocycles. The van der Waals surface area contributed by atoms with Gasteiger partial charge in [0.25, 0.3) is 0 Å². The summed E-state index contributed by atoms with van der Waals surface area (Å²) in [5, 5.41) is 23.5. The topological polar surface area (TPSA) is 189 Å². The van der Waals surface area contributed by atoms with Crippen molar-refractivity contribution in [1.29, 1.82) is 0 Å². The second-order valence-corrected chi connectivity index (χ2v) is 12.4. The third-order valence-corrected chi connectivity index (χ3v) is 8.13. The van der Waals surface area contributed by atoms with Gasteiger partial charge in [-0.2, -0.15) is 0 Å². The fraction of sp³-hybridized carbons (Fsp3) is 0.786. The maximum absolute atomic E-state index is 12.6. The van der Waals surface area contributed by atoms with Crippen molar-refractivity contribution in [3.8, 4) is 0 Å². The van der Waals surface area contributed by atoms with Crippen molar-refractivity contribution in [2.45, 2.75) is 134 Å². The second kappa shape index (κ2) is 18.0. The molecule has 1 saturated heterocycles. The predicted molar refractivity (Wildman–Crippen MR) is 157 cm³/mol. The van der Waals surface area contributed by atoms with Gasteiger partial charge in [-0.15, -0.1) is 0 Å². The van der Waals surface area contributed by atoms with E-state index in [4.69, 9.17) is 14.5 Å². The fourth-order valence-electron chi connectivity index (χ4n) is 5.25. The van der Waals surface area contributed by atoms with E-state index in [1.807, 2.05) is 0 Å². The van der Waals surface area contributed by atoms with Crippen LogP contribution >= 0.6 is 7.82 Å². The van der Waals surface area contributed by atoms with E-state index in [0.717, 1.165) is 19.3 Å². The van der Waals surface area contributed by atoms with Crippen LogP contribution in [0.3, 0.4) is 0 Å². The average molecular weight is 614 g/mol. The van der Waals surface area contributed by atoms with Crippen LogP contribution in [-0.4, -0.2) is 70.3 Å². The minimum absolute atomic E-state index is 0.179. The molecule has 5 N–H and O–H groups in total. The summed E-state index contributed by atoms with van der Waals surface area (Å²) in [6.07, 6.45) is 16.5. The van der Waals surface area contributed by atoms with Crippen LogP contribution in [0.25, 0.3) is 11.2 Å². The number of phosphoric acid groups is 1. The lowest BCUT2D eigenvalue weighted by molar-refractivity contribution is -0.116. The number of ether oxygens (including phenoxy) is 1. The number of aromatic nitrogens is 4. The molecule has 1 aliphatic rings. The van der Waals surface area contributed by atoms with Crippen LogP contribution in [0.2, 0.25) is 0 Å². The predicted octanol–water partition coefficient (Wildman–Crippen LogP) is 4.75. The van der Waals surface area contributed by atoms with E-state index in [-0.39, 0.29) is 22.9 Å². The Morgan fingerprint density at radius 3 is 2.05 bits per heavy atom. The largest absolute Gasteiger partial charge is 0.469 e. The number of phosphoric ester groups is 1. The van der Waals surface area contributed by atoms with Crippen molar-refractivity contribution in [3.05, 3.63) is 12.7 Å². The summed E-state index contributed by atoms with van der Waals surface area (Å²) in [4.78, 5) is 43.0. The normalized spacial score (nSPS) is 20.9. The Kier molecular flexibility index (Phi) is 14.8. The quantitative estimate of drug-likeness (QED) is 0.0964. The number of aliphatic hydroxyl groups excluding tert-OH is 2. The van der Waals surface area contributed by atoms with Crippen molar-refractivity contribution in [3.63, 3.8) is 0 Å². The zero-order chi connectivity index (χ0) is 30.4. The smallest absolute Gasteiger partial charge is 0.387 e. The highest BCUT2D eigenvalue weighted by Crippen LogP contribution is 2.39. The van der Waals surface area contributed by atoms with Gasteiger partial charge in [-0.3, -0.25) is 13.9 Å². The number of carbonyl (C=O) groups is 1. The number of unbranched alkanes of at least 4 members (excludes halogenated alkanes) is 14. The van der Waals surface area contributed by atoms with Gasteiger partial charge >= 0.3 is 7.82 Å². The number of carbonyl (C=O) groups excluding carboxylic acids is 1. The Balaban J connectivity index is 1.34. The number of nitrogens with zero attached hydrogens (tertiary/aromatic N) is 4. The molecule has 0 aliphatic carbocycles. The van der Waals surface area contributed by atoms with Crippen LogP contribution in [0.15, 0.2) is 12.7 Å². The molecule has 1 aliphatic heterocycles. The molecule has 2 aromatic heterocycles. The minimum Gasteiger partial charge on any atom is -0.387 e. The van der Waals surface area contributed by atoms with Crippen molar-refractivity contribution in [2.75, 3.05) is 11.9 Å². The molecule has 3 rings (SSSR count). The molecule has 2 aromatic rings. The first-order chi connectivity index (χ1) is 20.2. The molecule has 0 aromatic carbocycles. The Hall–Kier alpha value is -1.99. The van der Waals surface area contributed by atoms with E-state index < -0.39 is 39.0 Å². The van der Waals surface area contributed by atoms with Crippen LogP contribution in [0, 0.1) is 0 Å². The summed E-state index contributed by atoms with van der Waals surface area (Å²) < 4.78 is 22.4. The molecule has 3 heterocycles. The lowest BCUT2D eigenvalue weighted by atomic mass is 10.0. The van der Waals surface area contributed by atoms with Gasteiger partial charge in [-0.25, -0.2) is 19.5 Å². The van der Waals surface area contributed by atoms with Gasteiger partial charge in [0.2, 0.25) is 5.91 Å². The number of hydrogen-bond donors (Lipinski definition) is 5. The van der Waals surface area contributed by atoms with E-state index in [1.54, 1.807) is 0 Å². The highest BCUT2D eigenvalue weighted by Gasteiger charge is 2.45. The van der Waals surface area contributed by atoms with Gasteiger partial charge in [-0.05, 0) is 6.42 Å². The van der Waals surface area contributed by atoms with Crippen LogP contribution in [-0.2, 0) is 18.6 Å². The van der Waals surface area contributed by atoms with Crippen LogP contribution in [0.5, 0.6) is 0 Å². The molecule has 42 heavy (non-hydrogen) atoms. The molecule has 238 valence electrons. The summed E-state index contributed by atoms with van der Waals surface area (Å²) in [5.74, 6) is 0.0422. The lowest BCUT2D eigenvalue weighted by Gasteiger charge is -2.16. The Morgan fingerprint density at radius 2 is 1.48 bits per heavy atom. The van der Waals surface area contributed by atoms with Crippen molar-refractivity contribution in [1.82, 2.24) is 19.5 Å². The van der Waals surface area contributed by atoms with Gasteiger partial charge in [-0.1, -0.05) is 96.8 Å². The third kappa shape index (κ3) is 11.3. The SMILES string of the molecule is CCCCCCCCCCCCCCCCCC(=O)Nc1ncnc2c1ncn2[C@@H]1O[C@H](COP(=O)(O)O)[C@@H](O)[C@H]1O. The lowest BCUT2D eigenvalue weighted by Crippen LogP contribution is -2.33. The summed E-state index contributed by atoms with van der Waals surface area (Å²) >= 11 is 0. The Labute approximate surface area is 247 Å². The molecular weight excluding hydrogens is 565 g/mol. The highest BCUT2D eigenvalue weighted by atomic mass is 31.2. The molecule has 0 radical (unpaired) electrons. The number of rotatable bonds is 21. The number of anilines is 1. The molecule has 1 fully saturated rings. The molecule has 13 nitrogen and oxygen atoms in total. The summed E-state index contributed by atoms with van der Waals surface area (Å²) in [5.41, 5.74) is 0.530. The maximum atomic E-state index is 12.6. The number of fused-ring (bicyclic) bond motifs is 1. The van der Waals surface area contributed by atoms with E-state index in [1.165, 1.54) is 94.3 Å². The van der Waals surface area contributed by atoms with E-state index in [2.05, 4.69) is 31.7 Å². The van der Waals surface area contributed by atoms with Gasteiger partial charge in [0.05, 0.1) is 12.9 Å². The van der Waals surface area contributed by atoms with Gasteiger partial charge < -0.3 is 30.1 Å². The van der Waals surface area contributed by atoms with Gasteiger partial charge in [0.15, 0.2) is 23.2 Å². The van der Waals surface area contributed by atoms with Crippen LogP contribution < -0.4 is 5.32 Å². The molecule has 14 heteroatoms.